The van der Waals surface area contributed by atoms with E-state index in [2.05, 4.69) is 21.2 Å². The van der Waals surface area contributed by atoms with Crippen molar-refractivity contribution in [2.24, 2.45) is 0 Å². The number of hydrogen-bond donors (Lipinski definition) is 1. The Morgan fingerprint density at radius 3 is 2.78 bits per heavy atom. The highest BCUT2D eigenvalue weighted by Crippen LogP contribution is 2.34. The van der Waals surface area contributed by atoms with Gasteiger partial charge in [-0.05, 0) is 35.3 Å². The molecule has 0 bridgehead atoms. The van der Waals surface area contributed by atoms with Crippen molar-refractivity contribution in [2.75, 3.05) is 13.6 Å². The molecule has 0 atom stereocenters. The van der Waals surface area contributed by atoms with E-state index < -0.39 is 10.0 Å². The molecular formula is C11H17BrN2O3S. The van der Waals surface area contributed by atoms with E-state index in [1.54, 1.807) is 13.1 Å². The fraction of sp³-hybridized carbons (Fsp3) is 0.636. The van der Waals surface area contributed by atoms with Gasteiger partial charge in [-0.15, -0.1) is 0 Å². The van der Waals surface area contributed by atoms with Gasteiger partial charge in [-0.1, -0.05) is 6.92 Å². The molecule has 18 heavy (non-hydrogen) atoms. The van der Waals surface area contributed by atoms with E-state index in [0.29, 0.717) is 12.3 Å². The highest BCUT2D eigenvalue weighted by Gasteiger charge is 2.37. The van der Waals surface area contributed by atoms with Gasteiger partial charge in [0.05, 0.1) is 6.54 Å². The zero-order valence-electron chi connectivity index (χ0n) is 10.4. The van der Waals surface area contributed by atoms with E-state index in [4.69, 9.17) is 4.42 Å². The van der Waals surface area contributed by atoms with Crippen molar-refractivity contribution in [3.63, 3.8) is 0 Å². The van der Waals surface area contributed by atoms with Crippen LogP contribution in [0.15, 0.2) is 20.0 Å². The van der Waals surface area contributed by atoms with Crippen LogP contribution < -0.4 is 5.32 Å². The molecule has 1 aliphatic rings. The largest absolute Gasteiger partial charge is 0.452 e. The summed E-state index contributed by atoms with van der Waals surface area (Å²) in [5.41, 5.74) is 0. The van der Waals surface area contributed by atoms with Crippen LogP contribution in [-0.4, -0.2) is 32.4 Å². The first kappa shape index (κ1) is 14.0. The van der Waals surface area contributed by atoms with E-state index in [9.17, 15) is 8.42 Å². The molecule has 0 amide bonds. The van der Waals surface area contributed by atoms with Crippen LogP contribution in [-0.2, 0) is 16.6 Å². The molecule has 5 nitrogen and oxygen atoms in total. The van der Waals surface area contributed by atoms with Crippen molar-refractivity contribution >= 4 is 26.0 Å². The smallest absolute Gasteiger partial charge is 0.247 e. The van der Waals surface area contributed by atoms with Crippen molar-refractivity contribution < 1.29 is 12.8 Å². The topological polar surface area (TPSA) is 62.6 Å². The maximum absolute atomic E-state index is 12.3. The summed E-state index contributed by atoms with van der Waals surface area (Å²) in [4.78, 5) is 0.213. The second kappa shape index (κ2) is 5.32. The molecule has 0 radical (unpaired) electrons. The molecule has 102 valence electrons. The molecule has 0 aliphatic heterocycles. The van der Waals surface area contributed by atoms with Crippen LogP contribution in [0.4, 0.5) is 0 Å². The summed E-state index contributed by atoms with van der Waals surface area (Å²) in [5.74, 6) is 0.617. The van der Waals surface area contributed by atoms with Gasteiger partial charge in [-0.25, -0.2) is 8.42 Å². The monoisotopic (exact) mass is 336 g/mol. The van der Waals surface area contributed by atoms with Gasteiger partial charge in [-0.2, -0.15) is 4.31 Å². The number of halogens is 1. The molecule has 1 aromatic heterocycles. The molecule has 2 rings (SSSR count). The second-order valence-corrected chi connectivity index (χ2v) is 7.07. The Morgan fingerprint density at radius 1 is 1.56 bits per heavy atom. The normalized spacial score (nSPS) is 16.4. The fourth-order valence-corrected chi connectivity index (χ4v) is 4.07. The Labute approximate surface area is 116 Å². The maximum Gasteiger partial charge on any atom is 0.247 e. The van der Waals surface area contributed by atoms with Crippen molar-refractivity contribution in [1.29, 1.82) is 0 Å². The van der Waals surface area contributed by atoms with E-state index in [-0.39, 0.29) is 15.6 Å². The average molecular weight is 337 g/mol. The molecule has 0 spiro atoms. The quantitative estimate of drug-likeness (QED) is 0.862. The molecule has 0 unspecified atom stereocenters. The van der Waals surface area contributed by atoms with Crippen LogP contribution in [0.3, 0.4) is 0 Å². The predicted octanol–water partition coefficient (Wildman–Crippen LogP) is 1.93. The Bertz CT molecular complexity index is 522. The number of sulfonamides is 1. The van der Waals surface area contributed by atoms with Crippen LogP contribution in [0.5, 0.6) is 0 Å². The molecular weight excluding hydrogens is 320 g/mol. The molecule has 1 aromatic rings. The maximum atomic E-state index is 12.3. The molecule has 0 aromatic carbocycles. The van der Waals surface area contributed by atoms with Gasteiger partial charge in [0.15, 0.2) is 4.67 Å². The molecule has 1 aliphatic carbocycles. The average Bonchev–Trinajstić information content (AvgIpc) is 3.09. The highest BCUT2D eigenvalue weighted by molar-refractivity contribution is 9.10. The second-order valence-electron chi connectivity index (χ2n) is 4.38. The number of nitrogens with zero attached hydrogens (tertiary/aromatic N) is 1. The Balaban J connectivity index is 2.23. The number of hydrogen-bond acceptors (Lipinski definition) is 4. The molecule has 1 saturated carbocycles. The van der Waals surface area contributed by atoms with Gasteiger partial charge in [0, 0.05) is 19.2 Å². The van der Waals surface area contributed by atoms with Gasteiger partial charge >= 0.3 is 0 Å². The van der Waals surface area contributed by atoms with Crippen LogP contribution in [0.2, 0.25) is 0 Å². The first-order valence-electron chi connectivity index (χ1n) is 5.93. The van der Waals surface area contributed by atoms with E-state index in [1.165, 1.54) is 4.31 Å². The van der Waals surface area contributed by atoms with Crippen molar-refractivity contribution in [3.8, 4) is 0 Å². The Kier molecular flexibility index (Phi) is 4.15. The van der Waals surface area contributed by atoms with Crippen LogP contribution in [0.1, 0.15) is 25.5 Å². The van der Waals surface area contributed by atoms with Crippen molar-refractivity contribution in [2.45, 2.75) is 37.2 Å². The molecule has 0 saturated heterocycles. The summed E-state index contributed by atoms with van der Waals surface area (Å²) in [6.45, 7) is 3.32. The first-order chi connectivity index (χ1) is 8.46. The summed E-state index contributed by atoms with van der Waals surface area (Å²) < 4.78 is 31.8. The lowest BCUT2D eigenvalue weighted by atomic mass is 10.4. The Hall–Kier alpha value is -0.370. The van der Waals surface area contributed by atoms with Crippen molar-refractivity contribution in [1.82, 2.24) is 9.62 Å². The van der Waals surface area contributed by atoms with E-state index in [0.717, 1.165) is 19.4 Å². The summed E-state index contributed by atoms with van der Waals surface area (Å²) in [6, 6.07) is 1.73. The molecule has 1 fully saturated rings. The molecule has 1 heterocycles. The lowest BCUT2D eigenvalue weighted by molar-refractivity contribution is 0.451. The van der Waals surface area contributed by atoms with Gasteiger partial charge in [0.1, 0.15) is 10.7 Å². The minimum absolute atomic E-state index is 0.147. The minimum Gasteiger partial charge on any atom is -0.452 e. The summed E-state index contributed by atoms with van der Waals surface area (Å²) in [5, 5.41) is 3.10. The van der Waals surface area contributed by atoms with Gasteiger partial charge < -0.3 is 9.73 Å². The summed E-state index contributed by atoms with van der Waals surface area (Å²) in [7, 11) is -1.82. The SMILES string of the molecule is CCNCc1cc(S(=O)(=O)N(C)C2CC2)c(Br)o1. The zero-order valence-corrected chi connectivity index (χ0v) is 12.8. The number of nitrogens with one attached hydrogen (secondary N) is 1. The lowest BCUT2D eigenvalue weighted by Gasteiger charge is -2.14. The van der Waals surface area contributed by atoms with E-state index in [1.807, 2.05) is 6.92 Å². The fourth-order valence-electron chi connectivity index (χ4n) is 1.70. The van der Waals surface area contributed by atoms with Crippen molar-refractivity contribution in [3.05, 3.63) is 16.5 Å². The predicted molar refractivity (Wildman–Crippen MR) is 71.8 cm³/mol. The van der Waals surface area contributed by atoms with Gasteiger partial charge in [0.2, 0.25) is 10.0 Å². The van der Waals surface area contributed by atoms with E-state index >= 15 is 0 Å². The van der Waals surface area contributed by atoms with Gasteiger partial charge in [-0.3, -0.25) is 0 Å². The lowest BCUT2D eigenvalue weighted by Crippen LogP contribution is -2.28. The third-order valence-electron chi connectivity index (χ3n) is 2.97. The number of rotatable bonds is 6. The zero-order chi connectivity index (χ0) is 13.3. The standard InChI is InChI=1S/C11H17BrN2O3S/c1-3-13-7-9-6-10(11(12)17-9)18(15,16)14(2)8-4-5-8/h6,8,13H,3-5,7H2,1-2H3. The third kappa shape index (κ3) is 2.79. The van der Waals surface area contributed by atoms with Gasteiger partial charge in [0.25, 0.3) is 0 Å². The first-order valence-corrected chi connectivity index (χ1v) is 8.17. The van der Waals surface area contributed by atoms with Crippen LogP contribution in [0, 0.1) is 0 Å². The van der Waals surface area contributed by atoms with Crippen LogP contribution in [0.25, 0.3) is 0 Å². The highest BCUT2D eigenvalue weighted by atomic mass is 79.9. The Morgan fingerprint density at radius 2 is 2.22 bits per heavy atom. The molecule has 1 N–H and O–H groups in total. The summed E-state index contributed by atoms with van der Waals surface area (Å²) in [6.07, 6.45) is 1.88. The number of furan rings is 1. The minimum atomic E-state index is -3.45. The summed E-state index contributed by atoms with van der Waals surface area (Å²) >= 11 is 3.18. The van der Waals surface area contributed by atoms with Crippen LogP contribution >= 0.6 is 15.9 Å². The third-order valence-corrected chi connectivity index (χ3v) is 5.74. The molecule has 7 heteroatoms.